The third-order valence-electron chi connectivity index (χ3n) is 2.89. The number of ether oxygens (including phenoxy) is 1. The minimum absolute atomic E-state index is 0.114. The molecule has 1 fully saturated rings. The lowest BCUT2D eigenvalue weighted by atomic mass is 10.1. The molecule has 0 amide bonds. The molecule has 0 bridgehead atoms. The van der Waals surface area contributed by atoms with Crippen LogP contribution in [0.15, 0.2) is 10.7 Å². The largest absolute Gasteiger partial charge is 0.384 e. The van der Waals surface area contributed by atoms with Gasteiger partial charge in [0.15, 0.2) is 0 Å². The first-order valence-electron chi connectivity index (χ1n) is 5.03. The van der Waals surface area contributed by atoms with Gasteiger partial charge in [-0.25, -0.2) is 0 Å². The van der Waals surface area contributed by atoms with Gasteiger partial charge in [0, 0.05) is 14.2 Å². The van der Waals surface area contributed by atoms with Crippen molar-refractivity contribution in [2.75, 3.05) is 7.11 Å². The van der Waals surface area contributed by atoms with Crippen LogP contribution in [-0.2, 0) is 11.8 Å². The Hall–Kier alpha value is -0.390. The van der Waals surface area contributed by atoms with Crippen LogP contribution in [0.2, 0.25) is 0 Å². The Bertz CT molecular complexity index is 330. The SMILES string of the molecule is COC(C1CC1)C(O)c1c(Br)cnn1C. The molecule has 2 rings (SSSR count). The zero-order valence-electron chi connectivity index (χ0n) is 8.85. The van der Waals surface area contributed by atoms with Crippen LogP contribution in [0.25, 0.3) is 0 Å². The molecule has 1 aromatic rings. The number of rotatable bonds is 4. The van der Waals surface area contributed by atoms with Crippen LogP contribution < -0.4 is 0 Å². The second-order valence-electron chi connectivity index (χ2n) is 3.98. The van der Waals surface area contributed by atoms with Crippen LogP contribution >= 0.6 is 15.9 Å². The van der Waals surface area contributed by atoms with Gasteiger partial charge in [0.1, 0.15) is 6.10 Å². The third-order valence-corrected chi connectivity index (χ3v) is 3.50. The number of hydrogen-bond donors (Lipinski definition) is 1. The summed E-state index contributed by atoms with van der Waals surface area (Å²) in [6, 6.07) is 0. The predicted molar refractivity (Wildman–Crippen MR) is 59.4 cm³/mol. The van der Waals surface area contributed by atoms with Crippen LogP contribution in [0.5, 0.6) is 0 Å². The molecule has 0 radical (unpaired) electrons. The van der Waals surface area contributed by atoms with E-state index in [2.05, 4.69) is 21.0 Å². The van der Waals surface area contributed by atoms with E-state index in [-0.39, 0.29) is 6.10 Å². The molecule has 0 spiro atoms. The van der Waals surface area contributed by atoms with Crippen molar-refractivity contribution in [1.29, 1.82) is 0 Å². The number of aliphatic hydroxyl groups excluding tert-OH is 1. The molecule has 5 heteroatoms. The van der Waals surface area contributed by atoms with Crippen molar-refractivity contribution < 1.29 is 9.84 Å². The van der Waals surface area contributed by atoms with Crippen LogP contribution in [0, 0.1) is 5.92 Å². The molecule has 84 valence electrons. The van der Waals surface area contributed by atoms with Crippen molar-refractivity contribution >= 4 is 15.9 Å². The highest BCUT2D eigenvalue weighted by molar-refractivity contribution is 9.10. The van der Waals surface area contributed by atoms with Crippen LogP contribution in [-0.4, -0.2) is 28.1 Å². The maximum Gasteiger partial charge on any atom is 0.123 e. The van der Waals surface area contributed by atoms with Crippen LogP contribution in [0.4, 0.5) is 0 Å². The minimum atomic E-state index is -0.607. The number of aromatic nitrogens is 2. The summed E-state index contributed by atoms with van der Waals surface area (Å²) in [6.45, 7) is 0. The predicted octanol–water partition coefficient (Wildman–Crippen LogP) is 1.64. The average Bonchev–Trinajstić information content (AvgIpc) is 2.95. The van der Waals surface area contributed by atoms with Gasteiger partial charge in [-0.3, -0.25) is 4.68 Å². The highest BCUT2D eigenvalue weighted by Gasteiger charge is 2.38. The molecule has 15 heavy (non-hydrogen) atoms. The summed E-state index contributed by atoms with van der Waals surface area (Å²) < 4.78 is 7.88. The Balaban J connectivity index is 2.21. The molecule has 0 saturated heterocycles. The topological polar surface area (TPSA) is 47.3 Å². The van der Waals surface area contributed by atoms with E-state index in [0.717, 1.165) is 23.0 Å². The molecule has 1 aliphatic rings. The summed E-state index contributed by atoms with van der Waals surface area (Å²) in [5, 5.41) is 14.3. The lowest BCUT2D eigenvalue weighted by Crippen LogP contribution is -2.25. The van der Waals surface area contributed by atoms with E-state index in [1.54, 1.807) is 18.0 Å². The van der Waals surface area contributed by atoms with E-state index >= 15 is 0 Å². The first kappa shape index (κ1) is 11.1. The second kappa shape index (κ2) is 4.23. The fourth-order valence-electron chi connectivity index (χ4n) is 1.91. The Labute approximate surface area is 97.4 Å². The van der Waals surface area contributed by atoms with E-state index < -0.39 is 6.10 Å². The van der Waals surface area contributed by atoms with Gasteiger partial charge >= 0.3 is 0 Å². The highest BCUT2D eigenvalue weighted by atomic mass is 79.9. The van der Waals surface area contributed by atoms with Gasteiger partial charge in [-0.1, -0.05) is 0 Å². The van der Waals surface area contributed by atoms with Crippen molar-refractivity contribution in [3.05, 3.63) is 16.4 Å². The van der Waals surface area contributed by atoms with Crippen molar-refractivity contribution in [2.45, 2.75) is 25.0 Å². The van der Waals surface area contributed by atoms with Crippen molar-refractivity contribution in [1.82, 2.24) is 9.78 Å². The molecule has 1 saturated carbocycles. The summed E-state index contributed by atoms with van der Waals surface area (Å²) in [5.41, 5.74) is 0.786. The van der Waals surface area contributed by atoms with Gasteiger partial charge in [0.05, 0.1) is 22.5 Å². The van der Waals surface area contributed by atoms with E-state index in [0.29, 0.717) is 5.92 Å². The Kier molecular flexibility index (Phi) is 3.13. The van der Waals surface area contributed by atoms with Gasteiger partial charge in [0.2, 0.25) is 0 Å². The first-order valence-corrected chi connectivity index (χ1v) is 5.82. The van der Waals surface area contributed by atoms with Crippen molar-refractivity contribution in [2.24, 2.45) is 13.0 Å². The number of halogens is 1. The maximum atomic E-state index is 10.2. The van der Waals surface area contributed by atoms with E-state index in [9.17, 15) is 5.11 Å². The Morgan fingerprint density at radius 2 is 2.33 bits per heavy atom. The number of methoxy groups -OCH3 is 1. The lowest BCUT2D eigenvalue weighted by Gasteiger charge is -2.21. The average molecular weight is 275 g/mol. The summed E-state index contributed by atoms with van der Waals surface area (Å²) in [4.78, 5) is 0. The fourth-order valence-corrected chi connectivity index (χ4v) is 2.50. The molecule has 2 unspecified atom stereocenters. The summed E-state index contributed by atoms with van der Waals surface area (Å²) >= 11 is 3.39. The van der Waals surface area contributed by atoms with Crippen LogP contribution in [0.3, 0.4) is 0 Å². The summed E-state index contributed by atoms with van der Waals surface area (Å²) in [7, 11) is 3.47. The molecular formula is C10H15BrN2O2. The number of hydrogen-bond acceptors (Lipinski definition) is 3. The van der Waals surface area contributed by atoms with E-state index in [1.165, 1.54) is 0 Å². The number of aliphatic hydroxyl groups is 1. The van der Waals surface area contributed by atoms with Gasteiger partial charge in [0.25, 0.3) is 0 Å². The quantitative estimate of drug-likeness (QED) is 0.908. The van der Waals surface area contributed by atoms with Crippen molar-refractivity contribution in [3.63, 3.8) is 0 Å². The fraction of sp³-hybridized carbons (Fsp3) is 0.700. The van der Waals surface area contributed by atoms with E-state index in [4.69, 9.17) is 4.74 Å². The molecule has 1 aromatic heterocycles. The molecule has 4 nitrogen and oxygen atoms in total. The molecular weight excluding hydrogens is 260 g/mol. The standard InChI is InChI=1S/C10H15BrN2O2/c1-13-8(7(11)5-12-13)9(14)10(15-2)6-3-4-6/h5-6,9-10,14H,3-4H2,1-2H3. The Morgan fingerprint density at radius 1 is 1.67 bits per heavy atom. The lowest BCUT2D eigenvalue weighted by molar-refractivity contribution is -0.0298. The van der Waals surface area contributed by atoms with Gasteiger partial charge in [-0.15, -0.1) is 0 Å². The number of nitrogens with zero attached hydrogens (tertiary/aromatic N) is 2. The molecule has 0 aromatic carbocycles. The summed E-state index contributed by atoms with van der Waals surface area (Å²) in [6.07, 6.45) is 3.26. The monoisotopic (exact) mass is 274 g/mol. The maximum absolute atomic E-state index is 10.2. The van der Waals surface area contributed by atoms with Crippen LogP contribution in [0.1, 0.15) is 24.6 Å². The van der Waals surface area contributed by atoms with Gasteiger partial charge in [-0.2, -0.15) is 5.10 Å². The smallest absolute Gasteiger partial charge is 0.123 e. The van der Waals surface area contributed by atoms with Gasteiger partial charge in [-0.05, 0) is 34.7 Å². The third kappa shape index (κ3) is 2.09. The molecule has 0 aliphatic heterocycles. The zero-order chi connectivity index (χ0) is 11.0. The zero-order valence-corrected chi connectivity index (χ0v) is 10.4. The first-order chi connectivity index (χ1) is 7.15. The molecule has 1 aliphatic carbocycles. The second-order valence-corrected chi connectivity index (χ2v) is 4.84. The highest BCUT2D eigenvalue weighted by Crippen LogP contribution is 2.40. The van der Waals surface area contributed by atoms with Crippen molar-refractivity contribution in [3.8, 4) is 0 Å². The number of aryl methyl sites for hydroxylation is 1. The minimum Gasteiger partial charge on any atom is -0.384 e. The Morgan fingerprint density at radius 3 is 2.73 bits per heavy atom. The van der Waals surface area contributed by atoms with E-state index in [1.807, 2.05) is 7.05 Å². The normalized spacial score (nSPS) is 20.3. The summed E-state index contributed by atoms with van der Waals surface area (Å²) in [5.74, 6) is 0.492. The molecule has 1 N–H and O–H groups in total. The van der Waals surface area contributed by atoms with Gasteiger partial charge < -0.3 is 9.84 Å². The molecule has 2 atom stereocenters. The molecule has 1 heterocycles.